The summed E-state index contributed by atoms with van der Waals surface area (Å²) < 4.78 is 6.77. The molecule has 0 aliphatic rings. The molecule has 0 spiro atoms. The Kier molecular flexibility index (Phi) is 7.78. The van der Waals surface area contributed by atoms with Crippen LogP contribution >= 0.6 is 11.6 Å². The Morgan fingerprint density at radius 3 is 2.23 bits per heavy atom. The van der Waals surface area contributed by atoms with Gasteiger partial charge < -0.3 is 20.7 Å². The number of primary amides is 1. The molecule has 180 valence electrons. The largest absolute Gasteiger partial charge is 0.507 e. The number of carbonyl (C=O) groups excluding carboxylic acids is 2. The van der Waals surface area contributed by atoms with Crippen LogP contribution < -0.4 is 10.5 Å². The number of carboxylic acids is 1. The Balaban J connectivity index is 0.000000287. The molecule has 0 unspecified atom stereocenters. The van der Waals surface area contributed by atoms with Gasteiger partial charge in [0.15, 0.2) is 0 Å². The predicted molar refractivity (Wildman–Crippen MR) is 132 cm³/mol. The maximum Gasteiger partial charge on any atom is 0.307 e. The zero-order valence-corrected chi connectivity index (χ0v) is 19.7. The molecule has 0 saturated heterocycles. The minimum absolute atomic E-state index is 0.0741. The summed E-state index contributed by atoms with van der Waals surface area (Å²) in [5, 5.41) is 19.5. The molecular weight excluding hydrogens is 472 g/mol. The van der Waals surface area contributed by atoms with Gasteiger partial charge in [0, 0.05) is 21.7 Å². The topological polar surface area (TPSA) is 132 Å². The highest BCUT2D eigenvalue weighted by molar-refractivity contribution is 6.30. The molecule has 0 aliphatic carbocycles. The number of methoxy groups -OCH3 is 1. The molecule has 0 saturated carbocycles. The van der Waals surface area contributed by atoms with Gasteiger partial charge in [-0.25, -0.2) is 0 Å². The number of nitrogens with two attached hydrogens (primary N) is 1. The van der Waals surface area contributed by atoms with E-state index < -0.39 is 11.9 Å². The standard InChI is InChI=1S/C19H16ClNO4.C7H7NO2/c1-11-15(10-18(22)23)16-9-14(25-2)7-8-17(16)21(11)19(24)12-3-5-13(20)6-4-12;8-7(10)5-3-1-2-4-6(5)9/h3-9H,10H2,1-2H3,(H,22,23);1-4,9H,(H2,8,10). The number of halogens is 1. The maximum absolute atomic E-state index is 13.0. The highest BCUT2D eigenvalue weighted by atomic mass is 35.5. The van der Waals surface area contributed by atoms with E-state index in [2.05, 4.69) is 0 Å². The van der Waals surface area contributed by atoms with Gasteiger partial charge >= 0.3 is 5.97 Å². The number of benzene rings is 3. The number of rotatable bonds is 5. The van der Waals surface area contributed by atoms with E-state index in [1.54, 1.807) is 68.6 Å². The van der Waals surface area contributed by atoms with E-state index in [4.69, 9.17) is 27.2 Å². The highest BCUT2D eigenvalue weighted by Gasteiger charge is 2.21. The van der Waals surface area contributed by atoms with E-state index in [9.17, 15) is 19.5 Å². The SMILES string of the molecule is COc1ccc2c(c1)c(CC(=O)O)c(C)n2C(=O)c1ccc(Cl)cc1.NC(=O)c1ccccc1O. The Labute approximate surface area is 206 Å². The molecule has 1 aromatic heterocycles. The summed E-state index contributed by atoms with van der Waals surface area (Å²) >= 11 is 5.89. The average Bonchev–Trinajstić information content (AvgIpc) is 3.09. The molecule has 3 aromatic carbocycles. The van der Waals surface area contributed by atoms with Crippen LogP contribution in [0.15, 0.2) is 66.7 Å². The first-order valence-electron chi connectivity index (χ1n) is 10.4. The lowest BCUT2D eigenvalue weighted by Crippen LogP contribution is -2.14. The van der Waals surface area contributed by atoms with E-state index in [-0.39, 0.29) is 23.6 Å². The third kappa shape index (κ3) is 5.62. The van der Waals surface area contributed by atoms with Crippen LogP contribution in [0.5, 0.6) is 11.5 Å². The Bertz CT molecular complexity index is 1410. The van der Waals surface area contributed by atoms with Crippen LogP contribution in [0.2, 0.25) is 5.02 Å². The van der Waals surface area contributed by atoms with Crippen LogP contribution in [0.25, 0.3) is 10.9 Å². The van der Waals surface area contributed by atoms with Gasteiger partial charge in [-0.15, -0.1) is 0 Å². The van der Waals surface area contributed by atoms with Gasteiger partial charge in [0.1, 0.15) is 11.5 Å². The van der Waals surface area contributed by atoms with Crippen molar-refractivity contribution in [2.75, 3.05) is 7.11 Å². The van der Waals surface area contributed by atoms with Gasteiger partial charge in [-0.3, -0.25) is 19.0 Å². The second-order valence-electron chi connectivity index (χ2n) is 7.55. The van der Waals surface area contributed by atoms with Gasteiger partial charge in [-0.2, -0.15) is 0 Å². The van der Waals surface area contributed by atoms with Gasteiger partial charge in [0.2, 0.25) is 0 Å². The van der Waals surface area contributed by atoms with E-state index in [0.717, 1.165) is 0 Å². The first-order chi connectivity index (χ1) is 16.6. The van der Waals surface area contributed by atoms with Crippen molar-refractivity contribution in [2.24, 2.45) is 5.73 Å². The number of para-hydroxylation sites is 1. The van der Waals surface area contributed by atoms with Crippen LogP contribution in [0.4, 0.5) is 0 Å². The summed E-state index contributed by atoms with van der Waals surface area (Å²) in [5.41, 5.74) is 7.40. The third-order valence-electron chi connectivity index (χ3n) is 5.33. The number of ether oxygens (including phenoxy) is 1. The molecule has 1 amide bonds. The summed E-state index contributed by atoms with van der Waals surface area (Å²) in [6.45, 7) is 1.75. The molecule has 4 N–H and O–H groups in total. The second kappa shape index (κ2) is 10.8. The number of carbonyl (C=O) groups is 3. The number of aliphatic carboxylic acids is 1. The van der Waals surface area contributed by atoms with Crippen LogP contribution in [0, 0.1) is 6.92 Å². The van der Waals surface area contributed by atoms with E-state index in [1.165, 1.54) is 16.7 Å². The van der Waals surface area contributed by atoms with Crippen molar-refractivity contribution in [1.29, 1.82) is 0 Å². The summed E-state index contributed by atoms with van der Waals surface area (Å²) in [6.07, 6.45) is -0.170. The number of fused-ring (bicyclic) bond motifs is 1. The average molecular weight is 495 g/mol. The van der Waals surface area contributed by atoms with Gasteiger partial charge in [0.05, 0.1) is 24.6 Å². The zero-order chi connectivity index (χ0) is 25.7. The molecule has 9 heteroatoms. The highest BCUT2D eigenvalue weighted by Crippen LogP contribution is 2.30. The monoisotopic (exact) mass is 494 g/mol. The first kappa shape index (κ1) is 25.3. The van der Waals surface area contributed by atoms with Crippen molar-refractivity contribution < 1.29 is 29.3 Å². The molecule has 1 heterocycles. The fourth-order valence-corrected chi connectivity index (χ4v) is 3.75. The molecule has 4 aromatic rings. The Hall–Kier alpha value is -4.30. The molecule has 0 bridgehead atoms. The minimum atomic E-state index is -0.955. The lowest BCUT2D eigenvalue weighted by atomic mass is 10.1. The summed E-state index contributed by atoms with van der Waals surface area (Å²) in [4.78, 5) is 34.7. The molecule has 0 aliphatic heterocycles. The van der Waals surface area contributed by atoms with E-state index in [0.29, 0.717) is 38.5 Å². The molecule has 0 radical (unpaired) electrons. The summed E-state index contributed by atoms with van der Waals surface area (Å²) in [6, 6.07) is 18.0. The molecule has 4 rings (SSSR count). The number of hydrogen-bond donors (Lipinski definition) is 3. The van der Waals surface area contributed by atoms with Crippen molar-refractivity contribution in [1.82, 2.24) is 4.57 Å². The number of aromatic nitrogens is 1. The molecule has 8 nitrogen and oxygen atoms in total. The summed E-state index contributed by atoms with van der Waals surface area (Å²) in [5.74, 6) is -1.27. The van der Waals surface area contributed by atoms with Crippen molar-refractivity contribution in [3.05, 3.63) is 94.1 Å². The third-order valence-corrected chi connectivity index (χ3v) is 5.59. The predicted octanol–water partition coefficient (Wildman–Crippen LogP) is 4.42. The Morgan fingerprint density at radius 1 is 1.03 bits per heavy atom. The van der Waals surface area contributed by atoms with Gasteiger partial charge in [0.25, 0.3) is 11.8 Å². The summed E-state index contributed by atoms with van der Waals surface area (Å²) in [7, 11) is 1.54. The normalized spacial score (nSPS) is 10.4. The van der Waals surface area contributed by atoms with Crippen molar-refractivity contribution >= 4 is 40.3 Å². The van der Waals surface area contributed by atoms with Crippen LogP contribution in [0.3, 0.4) is 0 Å². The van der Waals surface area contributed by atoms with Crippen LogP contribution in [-0.2, 0) is 11.2 Å². The molecular formula is C26H23ClN2O6. The fraction of sp³-hybridized carbons (Fsp3) is 0.115. The number of amides is 1. The van der Waals surface area contributed by atoms with Crippen molar-refractivity contribution in [3.8, 4) is 11.5 Å². The van der Waals surface area contributed by atoms with Crippen molar-refractivity contribution in [3.63, 3.8) is 0 Å². The van der Waals surface area contributed by atoms with Gasteiger partial charge in [-0.05, 0) is 67.1 Å². The molecule has 35 heavy (non-hydrogen) atoms. The fourth-order valence-electron chi connectivity index (χ4n) is 3.63. The number of hydrogen-bond acceptors (Lipinski definition) is 5. The molecule has 0 atom stereocenters. The zero-order valence-electron chi connectivity index (χ0n) is 19.0. The number of nitrogens with zero attached hydrogens (tertiary/aromatic N) is 1. The minimum Gasteiger partial charge on any atom is -0.507 e. The lowest BCUT2D eigenvalue weighted by Gasteiger charge is -2.08. The number of phenols is 1. The lowest BCUT2D eigenvalue weighted by molar-refractivity contribution is -0.136. The van der Waals surface area contributed by atoms with Crippen LogP contribution in [0.1, 0.15) is 32.0 Å². The number of aromatic hydroxyl groups is 1. The maximum atomic E-state index is 13.0. The second-order valence-corrected chi connectivity index (χ2v) is 7.98. The van der Waals surface area contributed by atoms with Crippen LogP contribution in [-0.4, -0.2) is 39.7 Å². The van der Waals surface area contributed by atoms with Crippen molar-refractivity contribution in [2.45, 2.75) is 13.3 Å². The van der Waals surface area contributed by atoms with Gasteiger partial charge in [-0.1, -0.05) is 23.7 Å². The Morgan fingerprint density at radius 2 is 1.69 bits per heavy atom. The van der Waals surface area contributed by atoms with E-state index in [1.807, 2.05) is 0 Å². The molecule has 0 fully saturated rings. The quantitative estimate of drug-likeness (QED) is 0.376. The first-order valence-corrected chi connectivity index (χ1v) is 10.8. The smallest absolute Gasteiger partial charge is 0.307 e. The van der Waals surface area contributed by atoms with E-state index >= 15 is 0 Å². The number of carboxylic acid groups (broad SMARTS) is 1.